The van der Waals surface area contributed by atoms with Gasteiger partial charge in [-0.15, -0.1) is 0 Å². The lowest BCUT2D eigenvalue weighted by Gasteiger charge is -2.02. The maximum Gasteiger partial charge on any atom is 0.337 e. The molecule has 0 aliphatic rings. The van der Waals surface area contributed by atoms with Crippen molar-refractivity contribution in [1.82, 2.24) is 0 Å². The smallest absolute Gasteiger partial charge is 0.337 e. The number of carbonyl (C=O) groups is 3. The number of aryl methyl sites for hydroxylation is 2. The van der Waals surface area contributed by atoms with Gasteiger partial charge in [0.05, 0.1) is 12.7 Å². The fraction of sp³-hybridized carbons (Fsp3) is 0.227. The number of hydrogen-bond donors (Lipinski definition) is 0. The number of hydrogen-bond acceptors (Lipinski definition) is 5. The number of esters is 1. The summed E-state index contributed by atoms with van der Waals surface area (Å²) in [6.07, 6.45) is 0.140. The summed E-state index contributed by atoms with van der Waals surface area (Å²) in [6, 6.07) is 11.8. The van der Waals surface area contributed by atoms with Crippen molar-refractivity contribution in [2.24, 2.45) is 0 Å². The monoisotopic (exact) mass is 364 g/mol. The van der Waals surface area contributed by atoms with Gasteiger partial charge in [-0.3, -0.25) is 9.59 Å². The van der Waals surface area contributed by atoms with Gasteiger partial charge in [-0.2, -0.15) is 0 Å². The molecule has 0 radical (unpaired) electrons. The average molecular weight is 364 g/mol. The molecule has 2 aromatic carbocycles. The Labute approximate surface area is 156 Å². The summed E-state index contributed by atoms with van der Waals surface area (Å²) in [5, 5.41) is 0.881. The summed E-state index contributed by atoms with van der Waals surface area (Å²) in [6.45, 7) is 3.94. The largest absolute Gasteiger partial charge is 0.465 e. The van der Waals surface area contributed by atoms with Crippen LogP contribution in [0.25, 0.3) is 11.0 Å². The van der Waals surface area contributed by atoms with Gasteiger partial charge >= 0.3 is 5.97 Å². The van der Waals surface area contributed by atoms with Gasteiger partial charge in [0.1, 0.15) is 5.58 Å². The Morgan fingerprint density at radius 3 is 2.19 bits per heavy atom. The highest BCUT2D eigenvalue weighted by atomic mass is 16.5. The van der Waals surface area contributed by atoms with Crippen LogP contribution in [0.15, 0.2) is 46.9 Å². The summed E-state index contributed by atoms with van der Waals surface area (Å²) < 4.78 is 10.3. The van der Waals surface area contributed by atoms with Gasteiger partial charge in [-0.25, -0.2) is 4.79 Å². The molecule has 0 saturated carbocycles. The van der Waals surface area contributed by atoms with Gasteiger partial charge in [0, 0.05) is 23.8 Å². The fourth-order valence-electron chi connectivity index (χ4n) is 2.88. The zero-order valence-electron chi connectivity index (χ0n) is 15.5. The minimum Gasteiger partial charge on any atom is -0.465 e. The first-order valence-corrected chi connectivity index (χ1v) is 8.65. The van der Waals surface area contributed by atoms with Crippen LogP contribution in [0.5, 0.6) is 0 Å². The van der Waals surface area contributed by atoms with Crippen LogP contribution < -0.4 is 0 Å². The van der Waals surface area contributed by atoms with Crippen LogP contribution in [-0.4, -0.2) is 24.6 Å². The van der Waals surface area contributed by atoms with Crippen molar-refractivity contribution in [2.75, 3.05) is 7.11 Å². The summed E-state index contributed by atoms with van der Waals surface area (Å²) in [7, 11) is 1.30. The Balaban J connectivity index is 1.67. The van der Waals surface area contributed by atoms with E-state index in [0.29, 0.717) is 16.7 Å². The fourth-order valence-corrected chi connectivity index (χ4v) is 2.88. The Hall–Kier alpha value is -3.21. The van der Waals surface area contributed by atoms with Gasteiger partial charge in [-0.05, 0) is 43.2 Å². The van der Waals surface area contributed by atoms with Gasteiger partial charge < -0.3 is 9.15 Å². The van der Waals surface area contributed by atoms with Gasteiger partial charge in [0.15, 0.2) is 17.3 Å². The van der Waals surface area contributed by atoms with Crippen molar-refractivity contribution in [3.8, 4) is 0 Å². The Morgan fingerprint density at radius 1 is 0.889 bits per heavy atom. The third-order valence-electron chi connectivity index (χ3n) is 4.69. The van der Waals surface area contributed by atoms with Crippen molar-refractivity contribution in [3.63, 3.8) is 0 Å². The number of rotatable bonds is 6. The second-order valence-corrected chi connectivity index (χ2v) is 6.45. The second kappa shape index (κ2) is 7.58. The van der Waals surface area contributed by atoms with Crippen LogP contribution in [0.1, 0.15) is 55.2 Å². The van der Waals surface area contributed by atoms with Gasteiger partial charge in [0.2, 0.25) is 0 Å². The predicted octanol–water partition coefficient (Wildman–Crippen LogP) is 4.68. The standard InChI is InChI=1S/C22H20O5/c1-13-4-5-17-12-20(27-21(17)14(13)2)19(24)11-10-18(23)15-6-8-16(9-7-15)22(25)26-3/h4-9,12H,10-11H2,1-3H3. The number of methoxy groups -OCH3 is 1. The molecule has 0 amide bonds. The van der Waals surface area contributed by atoms with Crippen LogP contribution in [0.4, 0.5) is 0 Å². The highest BCUT2D eigenvalue weighted by molar-refractivity contribution is 6.03. The molecule has 0 spiro atoms. The maximum absolute atomic E-state index is 12.4. The molecule has 0 saturated heterocycles. The molecule has 0 atom stereocenters. The highest BCUT2D eigenvalue weighted by Crippen LogP contribution is 2.26. The number of benzene rings is 2. The average Bonchev–Trinajstić information content (AvgIpc) is 3.13. The molecule has 0 N–H and O–H groups in total. The number of fused-ring (bicyclic) bond motifs is 1. The summed E-state index contributed by atoms with van der Waals surface area (Å²) in [4.78, 5) is 36.1. The SMILES string of the molecule is COC(=O)c1ccc(C(=O)CCC(=O)c2cc3ccc(C)c(C)c3o2)cc1. The lowest BCUT2D eigenvalue weighted by molar-refractivity contribution is 0.0600. The van der Waals surface area contributed by atoms with Crippen LogP contribution >= 0.6 is 0 Å². The Bertz CT molecular complexity index is 1020. The molecule has 1 heterocycles. The van der Waals surface area contributed by atoms with E-state index in [2.05, 4.69) is 4.74 Å². The molecule has 3 aromatic rings. The molecule has 0 fully saturated rings. The Kier molecular flexibility index (Phi) is 5.21. The minimum atomic E-state index is -0.459. The van der Waals surface area contributed by atoms with E-state index in [4.69, 9.17) is 4.42 Å². The first kappa shape index (κ1) is 18.6. The molecule has 5 nitrogen and oxygen atoms in total. The zero-order chi connectivity index (χ0) is 19.6. The number of ketones is 2. The minimum absolute atomic E-state index is 0.0649. The molecule has 0 aliphatic heterocycles. The van der Waals surface area contributed by atoms with E-state index in [1.807, 2.05) is 26.0 Å². The number of carbonyl (C=O) groups excluding carboxylic acids is 3. The topological polar surface area (TPSA) is 73.6 Å². The maximum atomic E-state index is 12.4. The van der Waals surface area contributed by atoms with Gasteiger partial charge in [0.25, 0.3) is 0 Å². The van der Waals surface area contributed by atoms with Crippen molar-refractivity contribution in [1.29, 1.82) is 0 Å². The molecule has 3 rings (SSSR count). The van der Waals surface area contributed by atoms with Crippen LogP contribution in [0.2, 0.25) is 0 Å². The number of Topliss-reactive ketones (excluding diaryl/α,β-unsaturated/α-hetero) is 2. The summed E-state index contributed by atoms with van der Waals surface area (Å²) >= 11 is 0. The zero-order valence-corrected chi connectivity index (χ0v) is 15.5. The molecule has 0 bridgehead atoms. The molecule has 1 aromatic heterocycles. The highest BCUT2D eigenvalue weighted by Gasteiger charge is 2.16. The Morgan fingerprint density at radius 2 is 1.52 bits per heavy atom. The molecule has 0 unspecified atom stereocenters. The van der Waals surface area contributed by atoms with E-state index in [1.165, 1.54) is 19.2 Å². The molecule has 27 heavy (non-hydrogen) atoms. The molecular weight excluding hydrogens is 344 g/mol. The normalized spacial score (nSPS) is 10.8. The number of furan rings is 1. The second-order valence-electron chi connectivity index (χ2n) is 6.45. The lowest BCUT2D eigenvalue weighted by atomic mass is 10.0. The first-order valence-electron chi connectivity index (χ1n) is 8.65. The first-order chi connectivity index (χ1) is 12.9. The van der Waals surface area contributed by atoms with Crippen LogP contribution in [-0.2, 0) is 4.74 Å². The molecule has 0 aliphatic carbocycles. The van der Waals surface area contributed by atoms with Gasteiger partial charge in [-0.1, -0.05) is 24.3 Å². The van der Waals surface area contributed by atoms with Crippen molar-refractivity contribution < 1.29 is 23.5 Å². The van der Waals surface area contributed by atoms with E-state index < -0.39 is 5.97 Å². The van der Waals surface area contributed by atoms with E-state index in [0.717, 1.165) is 16.5 Å². The van der Waals surface area contributed by atoms with Crippen LogP contribution in [0, 0.1) is 13.8 Å². The number of ether oxygens (including phenoxy) is 1. The van der Waals surface area contributed by atoms with E-state index >= 15 is 0 Å². The van der Waals surface area contributed by atoms with E-state index in [-0.39, 0.29) is 30.2 Å². The van der Waals surface area contributed by atoms with E-state index in [1.54, 1.807) is 18.2 Å². The van der Waals surface area contributed by atoms with E-state index in [9.17, 15) is 14.4 Å². The summed E-state index contributed by atoms with van der Waals surface area (Å²) in [5.41, 5.74) is 3.64. The predicted molar refractivity (Wildman–Crippen MR) is 101 cm³/mol. The third kappa shape index (κ3) is 3.82. The quantitative estimate of drug-likeness (QED) is 0.469. The molecule has 138 valence electrons. The van der Waals surface area contributed by atoms with Crippen molar-refractivity contribution in [3.05, 3.63) is 70.5 Å². The lowest BCUT2D eigenvalue weighted by Crippen LogP contribution is -2.06. The third-order valence-corrected chi connectivity index (χ3v) is 4.69. The van der Waals surface area contributed by atoms with Crippen LogP contribution in [0.3, 0.4) is 0 Å². The van der Waals surface area contributed by atoms with Crippen molar-refractivity contribution in [2.45, 2.75) is 26.7 Å². The summed E-state index contributed by atoms with van der Waals surface area (Å²) in [5.74, 6) is -0.558. The molecular formula is C22H20O5. The van der Waals surface area contributed by atoms with Crippen molar-refractivity contribution >= 4 is 28.5 Å². The molecule has 5 heteroatoms.